The van der Waals surface area contributed by atoms with Gasteiger partial charge in [-0.3, -0.25) is 15.0 Å². The van der Waals surface area contributed by atoms with Crippen molar-refractivity contribution in [1.29, 1.82) is 0 Å². The van der Waals surface area contributed by atoms with E-state index in [0.29, 0.717) is 12.6 Å². The molecule has 2 amide bonds. The van der Waals surface area contributed by atoms with Gasteiger partial charge in [0.15, 0.2) is 0 Å². The number of rotatable bonds is 3. The predicted molar refractivity (Wildman–Crippen MR) is 107 cm³/mol. The second-order valence-corrected chi connectivity index (χ2v) is 8.75. The van der Waals surface area contributed by atoms with Crippen LogP contribution in [0.15, 0.2) is 24.3 Å². The van der Waals surface area contributed by atoms with Crippen LogP contribution in [0.2, 0.25) is 0 Å². The van der Waals surface area contributed by atoms with Crippen molar-refractivity contribution in [3.63, 3.8) is 0 Å². The monoisotopic (exact) mass is 383 g/mol. The summed E-state index contributed by atoms with van der Waals surface area (Å²) in [5, 5.41) is 0. The molecule has 4 unspecified atom stereocenters. The quantitative estimate of drug-likeness (QED) is 0.789. The molecule has 3 aliphatic heterocycles. The number of piperidine rings is 1. The van der Waals surface area contributed by atoms with Crippen LogP contribution < -0.4 is 15.8 Å². The van der Waals surface area contributed by atoms with E-state index in [2.05, 4.69) is 27.9 Å². The molecule has 7 heteroatoms. The van der Waals surface area contributed by atoms with Gasteiger partial charge in [0.1, 0.15) is 12.1 Å². The van der Waals surface area contributed by atoms with Gasteiger partial charge < -0.3 is 14.7 Å². The standard InChI is InChI=1S/C21H29N5O2/c1-24(14-7-8-14)21(28)19-15-12-26(10-9-16(15)22-23-19)20(27)18-11-13-5-3-4-6-17(13)25(18)2/h3-6,14-16,18-19,22-23H,7-12H2,1-2H3. The molecule has 150 valence electrons. The lowest BCUT2D eigenvalue weighted by molar-refractivity contribution is -0.138. The van der Waals surface area contributed by atoms with Crippen LogP contribution >= 0.6 is 0 Å². The van der Waals surface area contributed by atoms with E-state index < -0.39 is 0 Å². The Balaban J connectivity index is 1.28. The molecule has 28 heavy (non-hydrogen) atoms. The van der Waals surface area contributed by atoms with Crippen molar-refractivity contribution in [2.45, 2.75) is 49.9 Å². The fraction of sp³-hybridized carbons (Fsp3) is 0.619. The van der Waals surface area contributed by atoms with Crippen LogP contribution in [0.1, 0.15) is 24.8 Å². The molecule has 1 saturated carbocycles. The third kappa shape index (κ3) is 2.88. The number of carbonyl (C=O) groups excluding carboxylic acids is 2. The molecule has 4 atom stereocenters. The number of nitrogens with one attached hydrogen (secondary N) is 2. The van der Waals surface area contributed by atoms with E-state index in [0.717, 1.165) is 37.9 Å². The van der Waals surface area contributed by atoms with Crippen LogP contribution in [-0.2, 0) is 16.0 Å². The molecule has 3 fully saturated rings. The number of fused-ring (bicyclic) bond motifs is 2. The van der Waals surface area contributed by atoms with Crippen LogP contribution in [0.5, 0.6) is 0 Å². The first-order valence-electron chi connectivity index (χ1n) is 10.4. The van der Waals surface area contributed by atoms with Gasteiger partial charge >= 0.3 is 0 Å². The smallest absolute Gasteiger partial charge is 0.245 e. The van der Waals surface area contributed by atoms with Crippen LogP contribution in [-0.4, -0.2) is 73.0 Å². The van der Waals surface area contributed by atoms with Crippen molar-refractivity contribution in [2.24, 2.45) is 5.92 Å². The van der Waals surface area contributed by atoms with Gasteiger partial charge in [0.05, 0.1) is 0 Å². The maximum absolute atomic E-state index is 13.3. The van der Waals surface area contributed by atoms with Crippen molar-refractivity contribution < 1.29 is 9.59 Å². The predicted octanol–water partition coefficient (Wildman–Crippen LogP) is 0.362. The number of benzene rings is 1. The number of amides is 2. The second-order valence-electron chi connectivity index (χ2n) is 8.75. The minimum atomic E-state index is -0.246. The Morgan fingerprint density at radius 3 is 2.68 bits per heavy atom. The zero-order valence-corrected chi connectivity index (χ0v) is 16.6. The van der Waals surface area contributed by atoms with E-state index in [1.54, 1.807) is 0 Å². The molecule has 1 aromatic carbocycles. The Bertz CT molecular complexity index is 795. The van der Waals surface area contributed by atoms with Crippen LogP contribution in [0.4, 0.5) is 5.69 Å². The highest BCUT2D eigenvalue weighted by atomic mass is 16.2. The van der Waals surface area contributed by atoms with E-state index >= 15 is 0 Å². The lowest BCUT2D eigenvalue weighted by Crippen LogP contribution is -2.55. The van der Waals surface area contributed by atoms with E-state index in [-0.39, 0.29) is 35.9 Å². The summed E-state index contributed by atoms with van der Waals surface area (Å²) in [4.78, 5) is 32.3. The minimum absolute atomic E-state index is 0.125. The Labute approximate surface area is 166 Å². The van der Waals surface area contributed by atoms with Gasteiger partial charge in [0, 0.05) is 57.3 Å². The molecule has 0 bridgehead atoms. The molecule has 1 aromatic rings. The summed E-state index contributed by atoms with van der Waals surface area (Å²) in [5.74, 6) is 0.466. The first kappa shape index (κ1) is 17.9. The maximum Gasteiger partial charge on any atom is 0.245 e. The van der Waals surface area contributed by atoms with E-state index in [1.165, 1.54) is 5.56 Å². The number of likely N-dealkylation sites (tertiary alicyclic amines) is 1. The van der Waals surface area contributed by atoms with E-state index in [4.69, 9.17) is 0 Å². The number of para-hydroxylation sites is 1. The number of anilines is 1. The Kier molecular flexibility index (Phi) is 4.32. The number of hydrazine groups is 1. The average Bonchev–Trinajstić information content (AvgIpc) is 3.40. The largest absolute Gasteiger partial charge is 0.362 e. The summed E-state index contributed by atoms with van der Waals surface area (Å²) in [6.07, 6.45) is 3.86. The lowest BCUT2D eigenvalue weighted by atomic mass is 9.87. The van der Waals surface area contributed by atoms with Crippen LogP contribution in [0, 0.1) is 5.92 Å². The molecule has 4 aliphatic rings. The second kappa shape index (κ2) is 6.74. The Morgan fingerprint density at radius 2 is 1.93 bits per heavy atom. The summed E-state index contributed by atoms with van der Waals surface area (Å²) in [6.45, 7) is 1.38. The Hall–Kier alpha value is -2.12. The molecular weight excluding hydrogens is 354 g/mol. The molecule has 7 nitrogen and oxygen atoms in total. The molecule has 0 spiro atoms. The first-order valence-corrected chi connectivity index (χ1v) is 10.4. The summed E-state index contributed by atoms with van der Waals surface area (Å²) in [5.41, 5.74) is 8.92. The van der Waals surface area contributed by atoms with Crippen molar-refractivity contribution in [2.75, 3.05) is 32.1 Å². The summed E-state index contributed by atoms with van der Waals surface area (Å²) < 4.78 is 0. The number of carbonyl (C=O) groups is 2. The van der Waals surface area contributed by atoms with Gasteiger partial charge in [0.2, 0.25) is 11.8 Å². The first-order chi connectivity index (χ1) is 13.5. The molecule has 2 N–H and O–H groups in total. The van der Waals surface area contributed by atoms with Gasteiger partial charge in [-0.2, -0.15) is 0 Å². The summed E-state index contributed by atoms with van der Waals surface area (Å²) in [7, 11) is 3.92. The normalized spacial score (nSPS) is 31.5. The van der Waals surface area contributed by atoms with E-state index in [9.17, 15) is 9.59 Å². The highest BCUT2D eigenvalue weighted by Gasteiger charge is 2.47. The molecule has 3 heterocycles. The summed E-state index contributed by atoms with van der Waals surface area (Å²) >= 11 is 0. The third-order valence-electron chi connectivity index (χ3n) is 7.07. The zero-order valence-electron chi connectivity index (χ0n) is 16.6. The molecule has 0 aromatic heterocycles. The van der Waals surface area contributed by atoms with E-state index in [1.807, 2.05) is 36.0 Å². The zero-order chi connectivity index (χ0) is 19.4. The van der Waals surface area contributed by atoms with Crippen LogP contribution in [0.3, 0.4) is 0 Å². The number of nitrogens with zero attached hydrogens (tertiary/aromatic N) is 3. The number of hydrogen-bond acceptors (Lipinski definition) is 5. The molecule has 1 aliphatic carbocycles. The van der Waals surface area contributed by atoms with Gasteiger partial charge in [-0.05, 0) is 30.9 Å². The highest BCUT2D eigenvalue weighted by molar-refractivity contribution is 5.88. The molecule has 2 saturated heterocycles. The molecular formula is C21H29N5O2. The molecule has 0 radical (unpaired) electrons. The lowest BCUT2D eigenvalue weighted by Gasteiger charge is -2.38. The maximum atomic E-state index is 13.3. The van der Waals surface area contributed by atoms with Crippen molar-refractivity contribution in [1.82, 2.24) is 20.7 Å². The number of likely N-dealkylation sites (N-methyl/N-ethyl adjacent to an activating group) is 2. The van der Waals surface area contributed by atoms with Gasteiger partial charge in [-0.1, -0.05) is 18.2 Å². The van der Waals surface area contributed by atoms with Gasteiger partial charge in [-0.25, -0.2) is 5.43 Å². The summed E-state index contributed by atoms with van der Waals surface area (Å²) in [6, 6.07) is 8.53. The van der Waals surface area contributed by atoms with Crippen molar-refractivity contribution in [3.05, 3.63) is 29.8 Å². The third-order valence-corrected chi connectivity index (χ3v) is 7.07. The van der Waals surface area contributed by atoms with Crippen molar-refractivity contribution in [3.8, 4) is 0 Å². The van der Waals surface area contributed by atoms with Gasteiger partial charge in [0.25, 0.3) is 0 Å². The minimum Gasteiger partial charge on any atom is -0.362 e. The fourth-order valence-corrected chi connectivity index (χ4v) is 5.11. The average molecular weight is 383 g/mol. The van der Waals surface area contributed by atoms with Gasteiger partial charge in [-0.15, -0.1) is 0 Å². The van der Waals surface area contributed by atoms with Crippen LogP contribution in [0.25, 0.3) is 0 Å². The highest BCUT2D eigenvalue weighted by Crippen LogP contribution is 2.33. The SMILES string of the molecule is CN(C(=O)C1NNC2CCN(C(=O)C3Cc4ccccc4N3C)CC21)C1CC1. The van der Waals surface area contributed by atoms with Crippen molar-refractivity contribution >= 4 is 17.5 Å². The molecule has 5 rings (SSSR count). The topological polar surface area (TPSA) is 67.9 Å². The Morgan fingerprint density at radius 1 is 1.14 bits per heavy atom. The number of hydrogen-bond donors (Lipinski definition) is 2. The fourth-order valence-electron chi connectivity index (χ4n) is 5.11.